The van der Waals surface area contributed by atoms with Crippen LogP contribution in [-0.4, -0.2) is 19.1 Å². The third kappa shape index (κ3) is 3.21. The van der Waals surface area contributed by atoms with Gasteiger partial charge in [-0.2, -0.15) is 0 Å². The highest BCUT2D eigenvalue weighted by molar-refractivity contribution is 4.88. The number of nitrogens with one attached hydrogen (secondary N) is 1. The molecule has 2 fully saturated rings. The van der Waals surface area contributed by atoms with Crippen LogP contribution in [0.1, 0.15) is 46.0 Å². The SMILES string of the molecule is CC1CCC(C(CN)NCC2CC2C)CC1. The molecule has 2 nitrogen and oxygen atoms in total. The maximum Gasteiger partial charge on any atom is 0.0218 e. The number of hydrogen-bond donors (Lipinski definition) is 2. The summed E-state index contributed by atoms with van der Waals surface area (Å²) in [6, 6.07) is 0.584. The zero-order valence-electron chi connectivity index (χ0n) is 10.9. The zero-order chi connectivity index (χ0) is 11.5. The Hall–Kier alpha value is -0.0800. The van der Waals surface area contributed by atoms with Crippen LogP contribution < -0.4 is 11.1 Å². The summed E-state index contributed by atoms with van der Waals surface area (Å²) < 4.78 is 0. The molecule has 0 heterocycles. The molecular weight excluding hydrogens is 196 g/mol. The van der Waals surface area contributed by atoms with Crippen LogP contribution in [0.4, 0.5) is 0 Å². The average molecular weight is 224 g/mol. The normalized spacial score (nSPS) is 40.7. The largest absolute Gasteiger partial charge is 0.329 e. The van der Waals surface area contributed by atoms with Gasteiger partial charge in [0, 0.05) is 12.6 Å². The number of nitrogens with two attached hydrogens (primary N) is 1. The van der Waals surface area contributed by atoms with E-state index in [1.165, 1.54) is 38.6 Å². The van der Waals surface area contributed by atoms with Crippen LogP contribution in [0.15, 0.2) is 0 Å². The van der Waals surface area contributed by atoms with Crippen molar-refractivity contribution < 1.29 is 0 Å². The molecule has 0 aliphatic heterocycles. The highest BCUT2D eigenvalue weighted by atomic mass is 15.0. The summed E-state index contributed by atoms with van der Waals surface area (Å²) >= 11 is 0. The Morgan fingerprint density at radius 2 is 1.81 bits per heavy atom. The third-order valence-corrected chi connectivity index (χ3v) is 4.80. The van der Waals surface area contributed by atoms with Gasteiger partial charge in [0.25, 0.3) is 0 Å². The fraction of sp³-hybridized carbons (Fsp3) is 1.00. The van der Waals surface area contributed by atoms with Gasteiger partial charge in [0.1, 0.15) is 0 Å². The van der Waals surface area contributed by atoms with E-state index >= 15 is 0 Å². The van der Waals surface area contributed by atoms with Gasteiger partial charge in [-0.15, -0.1) is 0 Å². The van der Waals surface area contributed by atoms with Crippen molar-refractivity contribution >= 4 is 0 Å². The summed E-state index contributed by atoms with van der Waals surface area (Å²) in [5.41, 5.74) is 5.92. The first kappa shape index (κ1) is 12.4. The van der Waals surface area contributed by atoms with Crippen LogP contribution in [0.2, 0.25) is 0 Å². The van der Waals surface area contributed by atoms with Crippen LogP contribution in [0.5, 0.6) is 0 Å². The molecule has 0 saturated heterocycles. The van der Waals surface area contributed by atoms with E-state index in [1.54, 1.807) is 0 Å². The Bertz CT molecular complexity index is 209. The lowest BCUT2D eigenvalue weighted by Gasteiger charge is -2.32. The molecule has 0 bridgehead atoms. The molecule has 94 valence electrons. The second-order valence-electron chi connectivity index (χ2n) is 6.24. The monoisotopic (exact) mass is 224 g/mol. The quantitative estimate of drug-likeness (QED) is 0.752. The smallest absolute Gasteiger partial charge is 0.0218 e. The minimum Gasteiger partial charge on any atom is -0.329 e. The van der Waals surface area contributed by atoms with E-state index in [9.17, 15) is 0 Å². The van der Waals surface area contributed by atoms with Crippen LogP contribution in [0.25, 0.3) is 0 Å². The fourth-order valence-electron chi connectivity index (χ4n) is 3.12. The predicted molar refractivity (Wildman–Crippen MR) is 69.2 cm³/mol. The van der Waals surface area contributed by atoms with Crippen molar-refractivity contribution in [3.8, 4) is 0 Å². The first-order valence-electron chi connectivity index (χ1n) is 7.14. The zero-order valence-corrected chi connectivity index (χ0v) is 10.9. The van der Waals surface area contributed by atoms with Crippen LogP contribution >= 0.6 is 0 Å². The average Bonchev–Trinajstić information content (AvgIpc) is 2.98. The van der Waals surface area contributed by atoms with Crippen molar-refractivity contribution in [2.45, 2.75) is 52.0 Å². The van der Waals surface area contributed by atoms with Gasteiger partial charge in [-0.25, -0.2) is 0 Å². The van der Waals surface area contributed by atoms with Gasteiger partial charge in [-0.1, -0.05) is 26.7 Å². The van der Waals surface area contributed by atoms with Crippen molar-refractivity contribution in [2.24, 2.45) is 29.4 Å². The molecule has 2 rings (SSSR count). The summed E-state index contributed by atoms with van der Waals surface area (Å²) in [5.74, 6) is 3.68. The molecule has 2 aliphatic carbocycles. The van der Waals surface area contributed by atoms with Crippen LogP contribution in [0, 0.1) is 23.7 Å². The molecule has 0 aromatic carbocycles. The van der Waals surface area contributed by atoms with Crippen molar-refractivity contribution in [3.63, 3.8) is 0 Å². The van der Waals surface area contributed by atoms with Gasteiger partial charge in [-0.05, 0) is 49.5 Å². The van der Waals surface area contributed by atoms with Crippen molar-refractivity contribution in [2.75, 3.05) is 13.1 Å². The molecule has 2 heteroatoms. The van der Waals surface area contributed by atoms with E-state index in [2.05, 4.69) is 19.2 Å². The van der Waals surface area contributed by atoms with E-state index in [4.69, 9.17) is 5.73 Å². The molecule has 3 N–H and O–H groups in total. The van der Waals surface area contributed by atoms with E-state index in [0.717, 1.165) is 30.2 Å². The predicted octanol–water partition coefficient (Wildman–Crippen LogP) is 2.39. The molecule has 16 heavy (non-hydrogen) atoms. The van der Waals surface area contributed by atoms with E-state index in [0.29, 0.717) is 6.04 Å². The second kappa shape index (κ2) is 5.50. The molecule has 3 atom stereocenters. The summed E-state index contributed by atoms with van der Waals surface area (Å²) in [6.45, 7) is 6.76. The highest BCUT2D eigenvalue weighted by Crippen LogP contribution is 2.37. The fourth-order valence-corrected chi connectivity index (χ4v) is 3.12. The Balaban J connectivity index is 1.71. The minimum absolute atomic E-state index is 0.584. The van der Waals surface area contributed by atoms with Gasteiger partial charge < -0.3 is 11.1 Å². The molecule has 3 unspecified atom stereocenters. The van der Waals surface area contributed by atoms with Crippen molar-refractivity contribution in [1.82, 2.24) is 5.32 Å². The number of hydrogen-bond acceptors (Lipinski definition) is 2. The van der Waals surface area contributed by atoms with Crippen LogP contribution in [-0.2, 0) is 0 Å². The minimum atomic E-state index is 0.584. The first-order valence-corrected chi connectivity index (χ1v) is 7.14. The Kier molecular flexibility index (Phi) is 4.26. The van der Waals surface area contributed by atoms with Gasteiger partial charge in [0.05, 0.1) is 0 Å². The summed E-state index contributed by atoms with van der Waals surface area (Å²) in [5, 5.41) is 3.72. The van der Waals surface area contributed by atoms with E-state index < -0.39 is 0 Å². The summed E-state index contributed by atoms with van der Waals surface area (Å²) in [4.78, 5) is 0. The van der Waals surface area contributed by atoms with Gasteiger partial charge in [0.2, 0.25) is 0 Å². The Morgan fingerprint density at radius 1 is 1.19 bits per heavy atom. The lowest BCUT2D eigenvalue weighted by Crippen LogP contribution is -2.44. The molecule has 0 aromatic rings. The van der Waals surface area contributed by atoms with Crippen molar-refractivity contribution in [1.29, 1.82) is 0 Å². The molecule has 2 aliphatic rings. The Labute approximate surface area is 100 Å². The molecule has 0 radical (unpaired) electrons. The summed E-state index contributed by atoms with van der Waals surface area (Å²) in [7, 11) is 0. The lowest BCUT2D eigenvalue weighted by molar-refractivity contribution is 0.231. The third-order valence-electron chi connectivity index (χ3n) is 4.80. The maximum absolute atomic E-state index is 5.92. The second-order valence-corrected chi connectivity index (χ2v) is 6.24. The maximum atomic E-state index is 5.92. The molecule has 0 spiro atoms. The lowest BCUT2D eigenvalue weighted by atomic mass is 9.79. The molecule has 0 aromatic heterocycles. The van der Waals surface area contributed by atoms with Crippen molar-refractivity contribution in [3.05, 3.63) is 0 Å². The number of rotatable bonds is 5. The first-order chi connectivity index (χ1) is 7.70. The summed E-state index contributed by atoms with van der Waals surface area (Å²) in [6.07, 6.45) is 7.00. The van der Waals surface area contributed by atoms with Gasteiger partial charge in [-0.3, -0.25) is 0 Å². The van der Waals surface area contributed by atoms with Crippen LogP contribution in [0.3, 0.4) is 0 Å². The molecular formula is C14H28N2. The Morgan fingerprint density at radius 3 is 2.31 bits per heavy atom. The standard InChI is InChI=1S/C14H28N2/c1-10-3-5-12(6-4-10)14(8-15)16-9-13-7-11(13)2/h10-14,16H,3-9,15H2,1-2H3. The molecule has 2 saturated carbocycles. The highest BCUT2D eigenvalue weighted by Gasteiger charge is 2.33. The molecule has 0 amide bonds. The van der Waals surface area contributed by atoms with E-state index in [1.807, 2.05) is 0 Å². The van der Waals surface area contributed by atoms with Gasteiger partial charge in [0.15, 0.2) is 0 Å². The van der Waals surface area contributed by atoms with Gasteiger partial charge >= 0.3 is 0 Å². The van der Waals surface area contributed by atoms with E-state index in [-0.39, 0.29) is 0 Å². The topological polar surface area (TPSA) is 38.0 Å².